The second kappa shape index (κ2) is 9.60. The molecule has 10 heteroatoms. The second-order valence-corrected chi connectivity index (χ2v) is 10.9. The molecule has 0 fully saturated rings. The van der Waals surface area contributed by atoms with Gasteiger partial charge in [-0.05, 0) is 30.5 Å². The Morgan fingerprint density at radius 2 is 1.93 bits per heavy atom. The fraction of sp³-hybridized carbons (Fsp3) is 0.529. The Morgan fingerprint density at radius 3 is 2.52 bits per heavy atom. The van der Waals surface area contributed by atoms with Crippen molar-refractivity contribution < 1.29 is 8.42 Å². The van der Waals surface area contributed by atoms with Gasteiger partial charge < -0.3 is 4.57 Å². The van der Waals surface area contributed by atoms with E-state index in [4.69, 9.17) is 23.2 Å². The van der Waals surface area contributed by atoms with Crippen molar-refractivity contribution in [1.29, 1.82) is 0 Å². The molecule has 27 heavy (non-hydrogen) atoms. The van der Waals surface area contributed by atoms with E-state index in [9.17, 15) is 8.42 Å². The molecule has 2 rings (SSSR count). The number of nitrogens with zero attached hydrogens (tertiary/aromatic N) is 4. The molecule has 0 aliphatic heterocycles. The predicted octanol–water partition coefficient (Wildman–Crippen LogP) is 4.28. The monoisotopic (exact) mass is 450 g/mol. The van der Waals surface area contributed by atoms with Crippen molar-refractivity contribution in [2.45, 2.75) is 32.0 Å². The average Bonchev–Trinajstić information content (AvgIpc) is 2.93. The zero-order valence-corrected chi connectivity index (χ0v) is 19.0. The van der Waals surface area contributed by atoms with Gasteiger partial charge in [-0.15, -0.1) is 10.2 Å². The second-order valence-electron chi connectivity index (χ2n) is 6.74. The molecule has 1 aromatic carbocycles. The lowest BCUT2D eigenvalue weighted by atomic mass is 10.2. The third-order valence-electron chi connectivity index (χ3n) is 3.77. The SMILES string of the molecule is CC(C)Cn1c(SCCCS(=O)(=O)N(C)C)nnc1-c1ccc(Cl)cc1Cl. The van der Waals surface area contributed by atoms with Crippen LogP contribution in [0.4, 0.5) is 0 Å². The number of halogens is 2. The largest absolute Gasteiger partial charge is 0.302 e. The summed E-state index contributed by atoms with van der Waals surface area (Å²) in [5, 5.41) is 10.5. The third-order valence-corrected chi connectivity index (χ3v) is 7.29. The number of thioether (sulfide) groups is 1. The van der Waals surface area contributed by atoms with Crippen molar-refractivity contribution in [3.63, 3.8) is 0 Å². The van der Waals surface area contributed by atoms with E-state index in [0.29, 0.717) is 34.0 Å². The molecule has 0 saturated heterocycles. The molecule has 0 N–H and O–H groups in total. The van der Waals surface area contributed by atoms with E-state index in [1.165, 1.54) is 16.1 Å². The Balaban J connectivity index is 2.19. The topological polar surface area (TPSA) is 68.1 Å². The zero-order valence-electron chi connectivity index (χ0n) is 15.8. The van der Waals surface area contributed by atoms with Gasteiger partial charge in [-0.3, -0.25) is 0 Å². The van der Waals surface area contributed by atoms with Crippen LogP contribution in [0.5, 0.6) is 0 Å². The zero-order chi connectivity index (χ0) is 20.2. The Labute approximate surface area is 175 Å². The lowest BCUT2D eigenvalue weighted by Gasteiger charge is -2.14. The molecule has 0 bridgehead atoms. The Hall–Kier alpha value is -0.800. The van der Waals surface area contributed by atoms with Crippen LogP contribution in [0.1, 0.15) is 20.3 Å². The normalized spacial score (nSPS) is 12.3. The summed E-state index contributed by atoms with van der Waals surface area (Å²) in [6.07, 6.45) is 0.538. The summed E-state index contributed by atoms with van der Waals surface area (Å²) in [6, 6.07) is 5.30. The average molecular weight is 451 g/mol. The summed E-state index contributed by atoms with van der Waals surface area (Å²) in [6.45, 7) is 4.97. The van der Waals surface area contributed by atoms with Gasteiger partial charge in [-0.25, -0.2) is 12.7 Å². The van der Waals surface area contributed by atoms with Crippen LogP contribution in [-0.2, 0) is 16.6 Å². The standard InChI is InChI=1S/C17H24Cl2N4O2S2/c1-12(2)11-23-16(14-7-6-13(18)10-15(14)19)20-21-17(23)26-8-5-9-27(24,25)22(3)4/h6-7,10,12H,5,8-9,11H2,1-4H3. The lowest BCUT2D eigenvalue weighted by Crippen LogP contribution is -2.25. The highest BCUT2D eigenvalue weighted by Crippen LogP contribution is 2.32. The van der Waals surface area contributed by atoms with Gasteiger partial charge in [0.1, 0.15) is 0 Å². The number of rotatable bonds is 9. The van der Waals surface area contributed by atoms with Gasteiger partial charge in [0.15, 0.2) is 11.0 Å². The van der Waals surface area contributed by atoms with E-state index >= 15 is 0 Å². The summed E-state index contributed by atoms with van der Waals surface area (Å²) in [4.78, 5) is 0. The van der Waals surface area contributed by atoms with Crippen LogP contribution in [0.2, 0.25) is 10.0 Å². The number of sulfonamides is 1. The molecular weight excluding hydrogens is 427 g/mol. The van der Waals surface area contributed by atoms with Gasteiger partial charge in [0.05, 0.1) is 10.8 Å². The minimum absolute atomic E-state index is 0.112. The Kier molecular flexibility index (Phi) is 8.00. The molecule has 0 atom stereocenters. The predicted molar refractivity (Wildman–Crippen MR) is 113 cm³/mol. The Morgan fingerprint density at radius 1 is 1.22 bits per heavy atom. The van der Waals surface area contributed by atoms with Gasteiger partial charge in [0, 0.05) is 37.0 Å². The number of aromatic nitrogens is 3. The van der Waals surface area contributed by atoms with Crippen LogP contribution in [-0.4, -0.2) is 53.1 Å². The lowest BCUT2D eigenvalue weighted by molar-refractivity contribution is 0.498. The molecule has 6 nitrogen and oxygen atoms in total. The smallest absolute Gasteiger partial charge is 0.213 e. The van der Waals surface area contributed by atoms with Crippen molar-refractivity contribution in [1.82, 2.24) is 19.1 Å². The van der Waals surface area contributed by atoms with Gasteiger partial charge in [-0.2, -0.15) is 0 Å². The summed E-state index contributed by atoms with van der Waals surface area (Å²) < 4.78 is 27.0. The van der Waals surface area contributed by atoms with Crippen LogP contribution in [0.3, 0.4) is 0 Å². The maximum absolute atomic E-state index is 11.9. The van der Waals surface area contributed by atoms with E-state index in [1.807, 2.05) is 10.6 Å². The first-order valence-corrected chi connectivity index (χ1v) is 11.9. The van der Waals surface area contributed by atoms with Gasteiger partial charge in [0.2, 0.25) is 10.0 Å². The molecule has 0 saturated carbocycles. The molecule has 0 amide bonds. The maximum atomic E-state index is 11.9. The number of hydrogen-bond acceptors (Lipinski definition) is 5. The molecule has 0 spiro atoms. The number of benzene rings is 1. The van der Waals surface area contributed by atoms with Crippen LogP contribution in [0.25, 0.3) is 11.4 Å². The van der Waals surface area contributed by atoms with E-state index in [2.05, 4.69) is 24.0 Å². The first kappa shape index (κ1) is 22.5. The molecule has 0 aliphatic rings. The summed E-state index contributed by atoms with van der Waals surface area (Å²) in [5.74, 6) is 1.83. The summed E-state index contributed by atoms with van der Waals surface area (Å²) in [7, 11) is -0.0910. The fourth-order valence-electron chi connectivity index (χ4n) is 2.38. The Bertz CT molecular complexity index is 883. The van der Waals surface area contributed by atoms with Crippen molar-refractivity contribution in [3.8, 4) is 11.4 Å². The maximum Gasteiger partial charge on any atom is 0.213 e. The first-order chi connectivity index (χ1) is 12.6. The minimum Gasteiger partial charge on any atom is -0.302 e. The van der Waals surface area contributed by atoms with E-state index in [-0.39, 0.29) is 5.75 Å². The van der Waals surface area contributed by atoms with Gasteiger partial charge in [-0.1, -0.05) is 48.8 Å². The molecule has 0 unspecified atom stereocenters. The van der Waals surface area contributed by atoms with Crippen molar-refractivity contribution >= 4 is 45.0 Å². The van der Waals surface area contributed by atoms with E-state index in [1.54, 1.807) is 26.2 Å². The summed E-state index contributed by atoms with van der Waals surface area (Å²) >= 11 is 13.8. The summed E-state index contributed by atoms with van der Waals surface area (Å²) in [5.41, 5.74) is 0.774. The van der Waals surface area contributed by atoms with Gasteiger partial charge >= 0.3 is 0 Å². The molecule has 1 aromatic heterocycles. The molecular formula is C17H24Cl2N4O2S2. The fourth-order valence-corrected chi connectivity index (χ4v) is 4.82. The minimum atomic E-state index is -3.18. The van der Waals surface area contributed by atoms with Crippen LogP contribution in [0, 0.1) is 5.92 Å². The van der Waals surface area contributed by atoms with Crippen LogP contribution < -0.4 is 0 Å². The molecule has 0 radical (unpaired) electrons. The quantitative estimate of drug-likeness (QED) is 0.421. The van der Waals surface area contributed by atoms with Gasteiger partial charge in [0.25, 0.3) is 0 Å². The number of hydrogen-bond donors (Lipinski definition) is 0. The van der Waals surface area contributed by atoms with Crippen molar-refractivity contribution in [2.75, 3.05) is 25.6 Å². The van der Waals surface area contributed by atoms with Crippen LogP contribution >= 0.6 is 35.0 Å². The van der Waals surface area contributed by atoms with Crippen molar-refractivity contribution in [3.05, 3.63) is 28.2 Å². The van der Waals surface area contributed by atoms with E-state index in [0.717, 1.165) is 17.3 Å². The third kappa shape index (κ3) is 6.09. The first-order valence-electron chi connectivity index (χ1n) is 8.53. The molecule has 150 valence electrons. The molecule has 1 heterocycles. The van der Waals surface area contributed by atoms with Crippen LogP contribution in [0.15, 0.2) is 23.4 Å². The molecule has 0 aliphatic carbocycles. The molecule has 2 aromatic rings. The highest BCUT2D eigenvalue weighted by Gasteiger charge is 2.18. The van der Waals surface area contributed by atoms with Crippen molar-refractivity contribution in [2.24, 2.45) is 5.92 Å². The van der Waals surface area contributed by atoms with E-state index < -0.39 is 10.0 Å². The highest BCUT2D eigenvalue weighted by atomic mass is 35.5. The highest BCUT2D eigenvalue weighted by molar-refractivity contribution is 7.99.